The first-order chi connectivity index (χ1) is 5.59. The molecule has 0 aliphatic carbocycles. The topological polar surface area (TPSA) is 117 Å². The zero-order valence-electron chi connectivity index (χ0n) is 5.85. The third-order valence-corrected chi connectivity index (χ3v) is 1.69. The average Bonchev–Trinajstić information content (AvgIpc) is 2.26. The number of amidine groups is 2. The number of aliphatic carboxylic acids is 1. The summed E-state index contributed by atoms with van der Waals surface area (Å²) in [6, 6.07) is 0. The van der Waals surface area contributed by atoms with E-state index < -0.39 is 17.1 Å². The molecule has 0 aromatic rings. The zero-order valence-corrected chi connectivity index (χ0v) is 6.67. The second kappa shape index (κ2) is 3.30. The van der Waals surface area contributed by atoms with Crippen LogP contribution in [-0.2, 0) is 16.0 Å². The van der Waals surface area contributed by atoms with E-state index in [0.29, 0.717) is 0 Å². The fourth-order valence-electron chi connectivity index (χ4n) is 0.555. The quantitative estimate of drug-likeness (QED) is 0.466. The molecule has 0 aromatic heterocycles. The van der Waals surface area contributed by atoms with Gasteiger partial charge in [0, 0.05) is 0 Å². The Morgan fingerprint density at radius 2 is 2.33 bits per heavy atom. The van der Waals surface area contributed by atoms with Gasteiger partial charge in [-0.2, -0.15) is 0 Å². The Balaban J connectivity index is 2.55. The van der Waals surface area contributed by atoms with Crippen molar-refractivity contribution in [3.8, 4) is 0 Å². The number of carboxylic acid groups (broad SMARTS) is 1. The third kappa shape index (κ3) is 2.02. The number of carboxylic acids is 1. The van der Waals surface area contributed by atoms with Crippen molar-refractivity contribution in [2.24, 2.45) is 14.5 Å². The second-order valence-corrected chi connectivity index (χ2v) is 2.72. The number of rotatable bonds is 2. The molecule has 0 saturated carbocycles. The van der Waals surface area contributed by atoms with Crippen LogP contribution in [0.25, 0.3) is 0 Å². The summed E-state index contributed by atoms with van der Waals surface area (Å²) in [6.45, 7) is -0.327. The van der Waals surface area contributed by atoms with Crippen molar-refractivity contribution in [2.45, 2.75) is 0 Å². The molecule has 12 heavy (non-hydrogen) atoms. The molecular weight excluding hydrogens is 184 g/mol. The van der Waals surface area contributed by atoms with Gasteiger partial charge in [0.25, 0.3) is 11.2 Å². The van der Waals surface area contributed by atoms with Crippen LogP contribution in [0.15, 0.2) is 8.80 Å². The summed E-state index contributed by atoms with van der Waals surface area (Å²) < 4.78 is 17.4. The Labute approximate surface area is 70.1 Å². The van der Waals surface area contributed by atoms with Crippen molar-refractivity contribution in [3.63, 3.8) is 0 Å². The lowest BCUT2D eigenvalue weighted by Gasteiger charge is -1.99. The van der Waals surface area contributed by atoms with E-state index in [9.17, 15) is 9.00 Å². The maximum atomic E-state index is 10.6. The molecule has 0 saturated heterocycles. The van der Waals surface area contributed by atoms with E-state index in [2.05, 4.69) is 14.1 Å². The summed E-state index contributed by atoms with van der Waals surface area (Å²) in [6.07, 6.45) is 0. The summed E-state index contributed by atoms with van der Waals surface area (Å²) >= 11 is -1.70. The van der Waals surface area contributed by atoms with Crippen LogP contribution in [0.4, 0.5) is 0 Å². The third-order valence-electron chi connectivity index (χ3n) is 0.996. The molecule has 1 aliphatic heterocycles. The highest BCUT2D eigenvalue weighted by Crippen LogP contribution is 1.96. The van der Waals surface area contributed by atoms with Gasteiger partial charge in [0.05, 0.1) is 0 Å². The van der Waals surface area contributed by atoms with Gasteiger partial charge in [-0.05, 0) is 0 Å². The minimum absolute atomic E-state index is 0.0328. The SMILES string of the molecule is NC1=NS(=O)N=C1NCC(=O)O. The van der Waals surface area contributed by atoms with E-state index >= 15 is 0 Å². The Bertz CT molecular complexity index is 297. The van der Waals surface area contributed by atoms with Crippen LogP contribution in [0.5, 0.6) is 0 Å². The van der Waals surface area contributed by atoms with E-state index in [4.69, 9.17) is 10.8 Å². The largest absolute Gasteiger partial charge is 0.480 e. The van der Waals surface area contributed by atoms with Crippen molar-refractivity contribution < 1.29 is 14.1 Å². The molecule has 1 unspecified atom stereocenters. The predicted molar refractivity (Wildman–Crippen MR) is 42.8 cm³/mol. The van der Waals surface area contributed by atoms with Gasteiger partial charge in [0.15, 0.2) is 11.7 Å². The fourth-order valence-corrected chi connectivity index (χ4v) is 1.16. The maximum absolute atomic E-state index is 10.6. The monoisotopic (exact) mass is 190 g/mol. The van der Waals surface area contributed by atoms with Crippen molar-refractivity contribution in [1.82, 2.24) is 5.32 Å². The first-order valence-corrected chi connectivity index (χ1v) is 3.97. The number of hydrogen-bond acceptors (Lipinski definition) is 4. The van der Waals surface area contributed by atoms with Gasteiger partial charge in [-0.15, -0.1) is 8.80 Å². The summed E-state index contributed by atoms with van der Waals surface area (Å²) in [7, 11) is 0. The number of nitrogens with two attached hydrogens (primary N) is 1. The zero-order chi connectivity index (χ0) is 9.14. The van der Waals surface area contributed by atoms with E-state index in [1.54, 1.807) is 0 Å². The van der Waals surface area contributed by atoms with Gasteiger partial charge in [0.2, 0.25) is 0 Å². The van der Waals surface area contributed by atoms with Crippen LogP contribution in [-0.4, -0.2) is 33.5 Å². The highest BCUT2D eigenvalue weighted by Gasteiger charge is 2.15. The lowest BCUT2D eigenvalue weighted by atomic mass is 10.5. The van der Waals surface area contributed by atoms with E-state index in [1.807, 2.05) is 0 Å². The van der Waals surface area contributed by atoms with Gasteiger partial charge in [-0.25, -0.2) is 4.21 Å². The van der Waals surface area contributed by atoms with E-state index in [-0.39, 0.29) is 18.2 Å². The van der Waals surface area contributed by atoms with Gasteiger partial charge in [-0.1, -0.05) is 0 Å². The minimum atomic E-state index is -1.70. The number of carbonyl (C=O) groups is 1. The molecule has 7 nitrogen and oxygen atoms in total. The van der Waals surface area contributed by atoms with Crippen molar-refractivity contribution >= 4 is 28.8 Å². The summed E-state index contributed by atoms with van der Waals surface area (Å²) in [5.41, 5.74) is 5.23. The van der Waals surface area contributed by atoms with Crippen LogP contribution < -0.4 is 11.1 Å². The molecule has 0 bridgehead atoms. The molecular formula is C4H6N4O3S. The second-order valence-electron chi connectivity index (χ2n) is 1.89. The van der Waals surface area contributed by atoms with Crippen molar-refractivity contribution in [2.75, 3.05) is 6.54 Å². The first kappa shape index (κ1) is 8.65. The van der Waals surface area contributed by atoms with Crippen LogP contribution >= 0.6 is 0 Å². The van der Waals surface area contributed by atoms with Crippen LogP contribution in [0, 0.1) is 0 Å². The standard InChI is InChI=1S/C4H6N4O3S/c5-3-4(6-1-2(9)10)8-12(11)7-3/h1H2,(H2,5,7)(H,6,8)(H,9,10). The van der Waals surface area contributed by atoms with Gasteiger partial charge in [0.1, 0.15) is 6.54 Å². The molecule has 1 rings (SSSR count). The van der Waals surface area contributed by atoms with Gasteiger partial charge in [-0.3, -0.25) is 4.79 Å². The smallest absolute Gasteiger partial charge is 0.322 e. The minimum Gasteiger partial charge on any atom is -0.480 e. The molecule has 1 heterocycles. The summed E-state index contributed by atoms with van der Waals surface area (Å²) in [5, 5.41) is 10.6. The van der Waals surface area contributed by atoms with Gasteiger partial charge < -0.3 is 16.2 Å². The molecule has 0 fully saturated rings. The average molecular weight is 190 g/mol. The molecule has 1 aliphatic rings. The Morgan fingerprint density at radius 3 is 2.75 bits per heavy atom. The fraction of sp³-hybridized carbons (Fsp3) is 0.250. The summed E-state index contributed by atoms with van der Waals surface area (Å²) in [4.78, 5) is 10.1. The lowest BCUT2D eigenvalue weighted by molar-refractivity contribution is -0.135. The van der Waals surface area contributed by atoms with Crippen molar-refractivity contribution in [3.05, 3.63) is 0 Å². The Morgan fingerprint density at radius 1 is 1.67 bits per heavy atom. The lowest BCUT2D eigenvalue weighted by Crippen LogP contribution is -2.37. The van der Waals surface area contributed by atoms with Crippen LogP contribution in [0.2, 0.25) is 0 Å². The molecule has 0 amide bonds. The molecule has 0 radical (unpaired) electrons. The molecule has 66 valence electrons. The molecule has 0 aromatic carbocycles. The van der Waals surface area contributed by atoms with Crippen LogP contribution in [0.1, 0.15) is 0 Å². The highest BCUT2D eigenvalue weighted by atomic mass is 32.2. The first-order valence-electron chi connectivity index (χ1n) is 2.90. The Kier molecular flexibility index (Phi) is 2.38. The molecule has 1 atom stereocenters. The van der Waals surface area contributed by atoms with Crippen molar-refractivity contribution in [1.29, 1.82) is 0 Å². The molecule has 0 spiro atoms. The van der Waals surface area contributed by atoms with E-state index in [0.717, 1.165) is 0 Å². The summed E-state index contributed by atoms with van der Waals surface area (Å²) in [5.74, 6) is -1.02. The normalized spacial score (nSPS) is 21.5. The Hall–Kier alpha value is -1.44. The number of hydrogen-bond donors (Lipinski definition) is 3. The highest BCUT2D eigenvalue weighted by molar-refractivity contribution is 7.83. The predicted octanol–water partition coefficient (Wildman–Crippen LogP) is -1.99. The maximum Gasteiger partial charge on any atom is 0.322 e. The number of nitrogens with one attached hydrogen (secondary N) is 1. The van der Waals surface area contributed by atoms with Gasteiger partial charge >= 0.3 is 5.97 Å². The van der Waals surface area contributed by atoms with Crippen LogP contribution in [0.3, 0.4) is 0 Å². The van der Waals surface area contributed by atoms with E-state index in [1.165, 1.54) is 0 Å². The molecule has 4 N–H and O–H groups in total. The number of nitrogens with zero attached hydrogens (tertiary/aromatic N) is 2. The molecule has 8 heteroatoms.